The quantitative estimate of drug-likeness (QED) is 0.579. The van der Waals surface area contributed by atoms with Crippen LogP contribution in [-0.2, 0) is 22.6 Å². The van der Waals surface area contributed by atoms with Gasteiger partial charge in [-0.25, -0.2) is 9.97 Å². The summed E-state index contributed by atoms with van der Waals surface area (Å²) in [5.74, 6) is 0.712. The van der Waals surface area contributed by atoms with Gasteiger partial charge in [0.1, 0.15) is 5.69 Å². The van der Waals surface area contributed by atoms with Crippen LogP contribution in [0.5, 0.6) is 0 Å². The van der Waals surface area contributed by atoms with Crippen LogP contribution in [0.3, 0.4) is 0 Å². The average molecular weight is 352 g/mol. The maximum Gasteiger partial charge on any atom is 0.305 e. The Balaban J connectivity index is 1.98. The summed E-state index contributed by atoms with van der Waals surface area (Å²) < 4.78 is 8.97. The van der Waals surface area contributed by atoms with Crippen molar-refractivity contribution in [3.05, 3.63) is 49.1 Å². The van der Waals surface area contributed by atoms with Gasteiger partial charge in [-0.2, -0.15) is 0 Å². The van der Waals surface area contributed by atoms with E-state index in [1.54, 1.807) is 0 Å². The summed E-state index contributed by atoms with van der Waals surface area (Å²) in [6.45, 7) is 3.73. The molecule has 0 fully saturated rings. The van der Waals surface area contributed by atoms with E-state index < -0.39 is 0 Å². The zero-order chi connectivity index (χ0) is 18.4. The molecular formula is C20H24N4O2. The largest absolute Gasteiger partial charge is 0.469 e. The van der Waals surface area contributed by atoms with Crippen molar-refractivity contribution < 1.29 is 9.53 Å². The van der Waals surface area contributed by atoms with Crippen molar-refractivity contribution in [3.63, 3.8) is 0 Å². The Bertz CT molecular complexity index is 852. The van der Waals surface area contributed by atoms with E-state index in [4.69, 9.17) is 4.74 Å². The SMILES string of the molecule is CCCn1ccnc1-c1c(-c2ccccc2)ncn1CCCC(=O)OC. The van der Waals surface area contributed by atoms with Crippen molar-refractivity contribution in [1.82, 2.24) is 19.1 Å². The summed E-state index contributed by atoms with van der Waals surface area (Å²) >= 11 is 0. The number of rotatable bonds is 8. The molecule has 26 heavy (non-hydrogen) atoms. The normalized spacial score (nSPS) is 10.8. The Morgan fingerprint density at radius 3 is 2.65 bits per heavy atom. The van der Waals surface area contributed by atoms with E-state index in [9.17, 15) is 4.79 Å². The van der Waals surface area contributed by atoms with Crippen molar-refractivity contribution in [2.75, 3.05) is 7.11 Å². The number of carbonyl (C=O) groups excluding carboxylic acids is 1. The number of esters is 1. The molecule has 3 aromatic rings. The van der Waals surface area contributed by atoms with Crippen LogP contribution in [0.2, 0.25) is 0 Å². The highest BCUT2D eigenvalue weighted by molar-refractivity contribution is 5.75. The molecule has 0 atom stereocenters. The van der Waals surface area contributed by atoms with E-state index >= 15 is 0 Å². The summed E-state index contributed by atoms with van der Waals surface area (Å²) in [5, 5.41) is 0. The lowest BCUT2D eigenvalue weighted by molar-refractivity contribution is -0.140. The van der Waals surface area contributed by atoms with E-state index in [-0.39, 0.29) is 5.97 Å². The van der Waals surface area contributed by atoms with Gasteiger partial charge in [0.25, 0.3) is 0 Å². The molecule has 1 aromatic carbocycles. The van der Waals surface area contributed by atoms with Crippen molar-refractivity contribution in [2.45, 2.75) is 39.3 Å². The molecule has 0 aliphatic carbocycles. The fourth-order valence-corrected chi connectivity index (χ4v) is 3.04. The van der Waals surface area contributed by atoms with Gasteiger partial charge >= 0.3 is 5.97 Å². The highest BCUT2D eigenvalue weighted by atomic mass is 16.5. The van der Waals surface area contributed by atoms with Gasteiger partial charge in [0.05, 0.1) is 19.1 Å². The molecule has 0 bridgehead atoms. The zero-order valence-electron chi connectivity index (χ0n) is 15.3. The van der Waals surface area contributed by atoms with Crippen LogP contribution in [0.4, 0.5) is 0 Å². The summed E-state index contributed by atoms with van der Waals surface area (Å²) in [6, 6.07) is 10.1. The van der Waals surface area contributed by atoms with Crippen LogP contribution in [0, 0.1) is 0 Å². The van der Waals surface area contributed by atoms with Crippen LogP contribution in [0.15, 0.2) is 49.1 Å². The monoisotopic (exact) mass is 352 g/mol. The molecule has 0 aliphatic rings. The molecule has 6 nitrogen and oxygen atoms in total. The number of carbonyl (C=O) groups is 1. The first-order valence-corrected chi connectivity index (χ1v) is 8.93. The number of benzene rings is 1. The molecule has 0 saturated carbocycles. The Hall–Kier alpha value is -2.89. The minimum Gasteiger partial charge on any atom is -0.469 e. The molecule has 0 unspecified atom stereocenters. The summed E-state index contributed by atoms with van der Waals surface area (Å²) in [4.78, 5) is 20.7. The highest BCUT2D eigenvalue weighted by Crippen LogP contribution is 2.30. The van der Waals surface area contributed by atoms with Gasteiger partial charge in [-0.1, -0.05) is 37.3 Å². The topological polar surface area (TPSA) is 61.9 Å². The zero-order valence-corrected chi connectivity index (χ0v) is 15.3. The van der Waals surface area contributed by atoms with Gasteiger partial charge in [0.15, 0.2) is 5.82 Å². The van der Waals surface area contributed by atoms with Gasteiger partial charge in [-0.3, -0.25) is 4.79 Å². The Kier molecular flexibility index (Phi) is 5.84. The van der Waals surface area contributed by atoms with Gasteiger partial charge < -0.3 is 13.9 Å². The lowest BCUT2D eigenvalue weighted by Crippen LogP contribution is -2.07. The lowest BCUT2D eigenvalue weighted by Gasteiger charge is -2.12. The van der Waals surface area contributed by atoms with E-state index in [0.29, 0.717) is 19.4 Å². The minimum atomic E-state index is -0.192. The van der Waals surface area contributed by atoms with Crippen LogP contribution >= 0.6 is 0 Å². The number of ether oxygens (including phenoxy) is 1. The third-order valence-corrected chi connectivity index (χ3v) is 4.28. The second-order valence-electron chi connectivity index (χ2n) is 6.13. The number of imidazole rings is 2. The number of nitrogens with zero attached hydrogens (tertiary/aromatic N) is 4. The molecule has 3 rings (SSSR count). The van der Waals surface area contributed by atoms with Crippen molar-refractivity contribution in [1.29, 1.82) is 0 Å². The van der Waals surface area contributed by atoms with Crippen LogP contribution in [-0.4, -0.2) is 32.2 Å². The van der Waals surface area contributed by atoms with Gasteiger partial charge in [-0.05, 0) is 12.8 Å². The molecule has 0 aliphatic heterocycles. The molecule has 6 heteroatoms. The maximum absolute atomic E-state index is 11.4. The van der Waals surface area contributed by atoms with E-state index in [1.165, 1.54) is 7.11 Å². The number of aryl methyl sites for hydroxylation is 2. The first-order valence-electron chi connectivity index (χ1n) is 8.93. The molecule has 2 heterocycles. The van der Waals surface area contributed by atoms with Gasteiger partial charge in [-0.15, -0.1) is 0 Å². The van der Waals surface area contributed by atoms with Crippen molar-refractivity contribution >= 4 is 5.97 Å². The molecular weight excluding hydrogens is 328 g/mol. The van der Waals surface area contributed by atoms with E-state index in [2.05, 4.69) is 38.2 Å². The van der Waals surface area contributed by atoms with Crippen LogP contribution in [0.1, 0.15) is 26.2 Å². The Morgan fingerprint density at radius 2 is 1.92 bits per heavy atom. The molecule has 0 amide bonds. The summed E-state index contributed by atoms with van der Waals surface area (Å²) in [6.07, 6.45) is 7.77. The third kappa shape index (κ3) is 3.85. The molecule has 0 N–H and O–H groups in total. The highest BCUT2D eigenvalue weighted by Gasteiger charge is 2.19. The number of hydrogen-bond donors (Lipinski definition) is 0. The van der Waals surface area contributed by atoms with Crippen LogP contribution < -0.4 is 0 Å². The molecule has 0 radical (unpaired) electrons. The Morgan fingerprint density at radius 1 is 1.12 bits per heavy atom. The number of hydrogen-bond acceptors (Lipinski definition) is 4. The first kappa shape index (κ1) is 17.9. The number of methoxy groups -OCH3 is 1. The molecule has 0 spiro atoms. The smallest absolute Gasteiger partial charge is 0.305 e. The second-order valence-corrected chi connectivity index (χ2v) is 6.13. The van der Waals surface area contributed by atoms with Crippen molar-refractivity contribution in [2.24, 2.45) is 0 Å². The third-order valence-electron chi connectivity index (χ3n) is 4.28. The molecule has 136 valence electrons. The van der Waals surface area contributed by atoms with E-state index in [1.807, 2.05) is 36.9 Å². The Labute approximate surface area is 153 Å². The minimum absolute atomic E-state index is 0.192. The predicted octanol–water partition coefficient (Wildman–Crippen LogP) is 3.78. The van der Waals surface area contributed by atoms with Crippen molar-refractivity contribution in [3.8, 4) is 22.8 Å². The fourth-order valence-electron chi connectivity index (χ4n) is 3.04. The average Bonchev–Trinajstić information content (AvgIpc) is 3.29. The standard InChI is InChI=1S/C20H24N4O2/c1-3-12-23-14-11-21-20(23)19-18(16-8-5-4-6-9-16)22-15-24(19)13-7-10-17(25)26-2/h4-6,8-9,11,14-15H,3,7,10,12-13H2,1-2H3. The summed E-state index contributed by atoms with van der Waals surface area (Å²) in [5.41, 5.74) is 2.95. The fraction of sp³-hybridized carbons (Fsp3) is 0.350. The predicted molar refractivity (Wildman–Crippen MR) is 100 cm³/mol. The second kappa shape index (κ2) is 8.47. The lowest BCUT2D eigenvalue weighted by atomic mass is 10.1. The summed E-state index contributed by atoms with van der Waals surface area (Å²) in [7, 11) is 1.42. The molecule has 0 saturated heterocycles. The molecule has 2 aromatic heterocycles. The van der Waals surface area contributed by atoms with Gasteiger partial charge in [0, 0.05) is 37.5 Å². The number of aromatic nitrogens is 4. The maximum atomic E-state index is 11.4. The van der Waals surface area contributed by atoms with Crippen LogP contribution in [0.25, 0.3) is 22.8 Å². The van der Waals surface area contributed by atoms with Gasteiger partial charge in [0.2, 0.25) is 0 Å². The first-order chi connectivity index (χ1) is 12.7. The van der Waals surface area contributed by atoms with E-state index in [0.717, 1.165) is 35.7 Å².